The van der Waals surface area contributed by atoms with E-state index in [0.717, 1.165) is 11.0 Å². The summed E-state index contributed by atoms with van der Waals surface area (Å²) in [5, 5.41) is 18.5. The number of hydrogen-bond donors (Lipinski definition) is 2. The zero-order chi connectivity index (χ0) is 14.2. The standard InChI is InChI=1S/C12H11BrFNO4/c13-7-2-1-3-8(14)10(7)11(17)15-5-6(16)4-9(15)12(18)19/h1-3,6,9,16H,4-5H2,(H,18,19). The lowest BCUT2D eigenvalue weighted by atomic mass is 10.1. The fourth-order valence-corrected chi connectivity index (χ4v) is 2.63. The number of rotatable bonds is 2. The van der Waals surface area contributed by atoms with Gasteiger partial charge in [0, 0.05) is 17.4 Å². The second-order valence-corrected chi connectivity index (χ2v) is 5.15. The van der Waals surface area contributed by atoms with Gasteiger partial charge in [-0.15, -0.1) is 0 Å². The van der Waals surface area contributed by atoms with E-state index < -0.39 is 29.8 Å². The average Bonchev–Trinajstić information content (AvgIpc) is 2.71. The smallest absolute Gasteiger partial charge is 0.326 e. The first kappa shape index (κ1) is 14.0. The van der Waals surface area contributed by atoms with E-state index in [9.17, 15) is 19.1 Å². The number of carbonyl (C=O) groups is 2. The Labute approximate surface area is 116 Å². The van der Waals surface area contributed by atoms with E-state index in [1.807, 2.05) is 0 Å². The van der Waals surface area contributed by atoms with E-state index in [1.54, 1.807) is 0 Å². The number of likely N-dealkylation sites (tertiary alicyclic amines) is 1. The summed E-state index contributed by atoms with van der Waals surface area (Å²) in [6, 6.07) is 2.93. The van der Waals surface area contributed by atoms with Gasteiger partial charge in [0.15, 0.2) is 0 Å². The third-order valence-corrected chi connectivity index (χ3v) is 3.66. The Balaban J connectivity index is 2.36. The molecular formula is C12H11BrFNO4. The molecule has 0 saturated carbocycles. The van der Waals surface area contributed by atoms with Crippen LogP contribution in [-0.4, -0.2) is 45.7 Å². The van der Waals surface area contributed by atoms with Gasteiger partial charge in [-0.3, -0.25) is 4.79 Å². The van der Waals surface area contributed by atoms with Crippen LogP contribution in [0.4, 0.5) is 4.39 Å². The zero-order valence-corrected chi connectivity index (χ0v) is 11.3. The van der Waals surface area contributed by atoms with Crippen LogP contribution in [0.3, 0.4) is 0 Å². The maximum atomic E-state index is 13.7. The minimum atomic E-state index is -1.21. The molecule has 0 aliphatic carbocycles. The Hall–Kier alpha value is -1.47. The van der Waals surface area contributed by atoms with Gasteiger partial charge >= 0.3 is 5.97 Å². The molecule has 0 bridgehead atoms. The van der Waals surface area contributed by atoms with Crippen LogP contribution >= 0.6 is 15.9 Å². The molecule has 1 aromatic carbocycles. The fourth-order valence-electron chi connectivity index (χ4n) is 2.12. The Morgan fingerprint density at radius 1 is 1.42 bits per heavy atom. The molecule has 1 amide bonds. The third kappa shape index (κ3) is 2.62. The van der Waals surface area contributed by atoms with Crippen LogP contribution in [0, 0.1) is 5.82 Å². The van der Waals surface area contributed by atoms with E-state index in [1.165, 1.54) is 12.1 Å². The summed E-state index contributed by atoms with van der Waals surface area (Å²) in [6.07, 6.45) is -0.955. The quantitative estimate of drug-likeness (QED) is 0.854. The highest BCUT2D eigenvalue weighted by Gasteiger charge is 2.40. The molecule has 1 aromatic rings. The first-order chi connectivity index (χ1) is 8.91. The number of aliphatic hydroxyl groups is 1. The number of halogens is 2. The van der Waals surface area contributed by atoms with Crippen molar-refractivity contribution >= 4 is 27.8 Å². The molecule has 1 saturated heterocycles. The maximum Gasteiger partial charge on any atom is 0.326 e. The highest BCUT2D eigenvalue weighted by molar-refractivity contribution is 9.10. The lowest BCUT2D eigenvalue weighted by molar-refractivity contribution is -0.141. The number of β-amino-alcohol motifs (C(OH)–C–C–N with tert-alkyl or cyclic N) is 1. The lowest BCUT2D eigenvalue weighted by Crippen LogP contribution is -2.41. The minimum absolute atomic E-state index is 0.0485. The molecule has 5 nitrogen and oxygen atoms in total. The van der Waals surface area contributed by atoms with Gasteiger partial charge in [0.2, 0.25) is 0 Å². The molecule has 1 heterocycles. The second kappa shape index (κ2) is 5.26. The molecule has 2 atom stereocenters. The van der Waals surface area contributed by atoms with Gasteiger partial charge < -0.3 is 15.1 Å². The highest BCUT2D eigenvalue weighted by atomic mass is 79.9. The van der Waals surface area contributed by atoms with Gasteiger partial charge in [0.05, 0.1) is 11.7 Å². The second-order valence-electron chi connectivity index (χ2n) is 4.30. The van der Waals surface area contributed by atoms with E-state index in [-0.39, 0.29) is 23.0 Å². The lowest BCUT2D eigenvalue weighted by Gasteiger charge is -2.21. The van der Waals surface area contributed by atoms with Gasteiger partial charge in [0.1, 0.15) is 11.9 Å². The van der Waals surface area contributed by atoms with Crippen molar-refractivity contribution in [2.24, 2.45) is 0 Å². The molecular weight excluding hydrogens is 321 g/mol. The molecule has 0 radical (unpaired) electrons. The van der Waals surface area contributed by atoms with Crippen molar-refractivity contribution in [3.8, 4) is 0 Å². The predicted molar refractivity (Wildman–Crippen MR) is 67.2 cm³/mol. The average molecular weight is 332 g/mol. The van der Waals surface area contributed by atoms with Crippen LogP contribution < -0.4 is 0 Å². The summed E-state index contributed by atoms with van der Waals surface area (Å²) in [7, 11) is 0. The Morgan fingerprint density at radius 2 is 2.11 bits per heavy atom. The molecule has 2 unspecified atom stereocenters. The number of nitrogens with zero attached hydrogens (tertiary/aromatic N) is 1. The van der Waals surface area contributed by atoms with Crippen molar-refractivity contribution in [1.82, 2.24) is 4.90 Å². The molecule has 2 N–H and O–H groups in total. The normalized spacial score (nSPS) is 22.6. The van der Waals surface area contributed by atoms with Gasteiger partial charge in [-0.25, -0.2) is 9.18 Å². The number of aliphatic hydroxyl groups excluding tert-OH is 1. The summed E-state index contributed by atoms with van der Waals surface area (Å²) >= 11 is 3.07. The van der Waals surface area contributed by atoms with Crippen molar-refractivity contribution < 1.29 is 24.2 Å². The van der Waals surface area contributed by atoms with Gasteiger partial charge in [-0.1, -0.05) is 6.07 Å². The number of hydrogen-bond acceptors (Lipinski definition) is 3. The topological polar surface area (TPSA) is 77.8 Å². The van der Waals surface area contributed by atoms with Crippen LogP contribution in [-0.2, 0) is 4.79 Å². The molecule has 0 spiro atoms. The molecule has 1 fully saturated rings. The number of benzene rings is 1. The number of amides is 1. The van der Waals surface area contributed by atoms with E-state index >= 15 is 0 Å². The van der Waals surface area contributed by atoms with Crippen LogP contribution in [0.5, 0.6) is 0 Å². The van der Waals surface area contributed by atoms with Crippen LogP contribution in [0.2, 0.25) is 0 Å². The van der Waals surface area contributed by atoms with Gasteiger partial charge in [-0.05, 0) is 28.1 Å². The van der Waals surface area contributed by atoms with Crippen LogP contribution in [0.25, 0.3) is 0 Å². The molecule has 102 valence electrons. The first-order valence-corrected chi connectivity index (χ1v) is 6.37. The molecule has 7 heteroatoms. The SMILES string of the molecule is O=C(O)C1CC(O)CN1C(=O)c1c(F)cccc1Br. The van der Waals surface area contributed by atoms with Crippen molar-refractivity contribution in [3.63, 3.8) is 0 Å². The monoisotopic (exact) mass is 331 g/mol. The van der Waals surface area contributed by atoms with Gasteiger partial charge in [0.25, 0.3) is 5.91 Å². The molecule has 2 rings (SSSR count). The molecule has 1 aliphatic heterocycles. The summed E-state index contributed by atoms with van der Waals surface area (Å²) in [5.41, 5.74) is -0.220. The van der Waals surface area contributed by atoms with Crippen molar-refractivity contribution in [3.05, 3.63) is 34.1 Å². The van der Waals surface area contributed by atoms with Gasteiger partial charge in [-0.2, -0.15) is 0 Å². The summed E-state index contributed by atoms with van der Waals surface area (Å²) in [6.45, 7) is -0.115. The van der Waals surface area contributed by atoms with E-state index in [0.29, 0.717) is 0 Å². The van der Waals surface area contributed by atoms with Crippen molar-refractivity contribution in [1.29, 1.82) is 0 Å². The Kier molecular flexibility index (Phi) is 3.86. The number of carboxylic acids is 1. The van der Waals surface area contributed by atoms with Crippen molar-refractivity contribution in [2.75, 3.05) is 6.54 Å². The first-order valence-electron chi connectivity index (χ1n) is 5.57. The van der Waals surface area contributed by atoms with Crippen LogP contribution in [0.1, 0.15) is 16.8 Å². The summed E-state index contributed by atoms with van der Waals surface area (Å²) in [4.78, 5) is 24.3. The maximum absolute atomic E-state index is 13.7. The largest absolute Gasteiger partial charge is 0.480 e. The predicted octanol–water partition coefficient (Wildman–Crippen LogP) is 1.25. The molecule has 1 aliphatic rings. The molecule has 19 heavy (non-hydrogen) atoms. The Morgan fingerprint density at radius 3 is 2.68 bits per heavy atom. The van der Waals surface area contributed by atoms with E-state index in [4.69, 9.17) is 5.11 Å². The number of carboxylic acid groups (broad SMARTS) is 1. The number of carbonyl (C=O) groups excluding carboxylic acids is 1. The summed E-state index contributed by atoms with van der Waals surface area (Å²) in [5.74, 6) is -2.68. The Bertz CT molecular complexity index is 516. The minimum Gasteiger partial charge on any atom is -0.480 e. The third-order valence-electron chi connectivity index (χ3n) is 3.00. The fraction of sp³-hybridized carbons (Fsp3) is 0.333. The zero-order valence-electron chi connectivity index (χ0n) is 9.72. The highest BCUT2D eigenvalue weighted by Crippen LogP contribution is 2.26. The van der Waals surface area contributed by atoms with E-state index in [2.05, 4.69) is 15.9 Å². The molecule has 0 aromatic heterocycles. The number of aliphatic carboxylic acids is 1. The van der Waals surface area contributed by atoms with Crippen molar-refractivity contribution in [2.45, 2.75) is 18.6 Å². The summed E-state index contributed by atoms with van der Waals surface area (Å²) < 4.78 is 13.9. The van der Waals surface area contributed by atoms with Crippen LogP contribution in [0.15, 0.2) is 22.7 Å².